The highest BCUT2D eigenvalue weighted by atomic mass is 16.5. The molecule has 0 atom stereocenters. The molecule has 37 heavy (non-hydrogen) atoms. The number of morpholine rings is 1. The van der Waals surface area contributed by atoms with Crippen LogP contribution in [0.5, 0.6) is 5.75 Å². The third kappa shape index (κ3) is 7.90. The zero-order valence-electron chi connectivity index (χ0n) is 21.1. The molecule has 0 aliphatic carbocycles. The number of carbonyl (C=O) groups excluding carboxylic acids is 1. The summed E-state index contributed by atoms with van der Waals surface area (Å²) < 4.78 is 10.7. The molecule has 1 aliphatic heterocycles. The van der Waals surface area contributed by atoms with Crippen molar-refractivity contribution in [1.82, 2.24) is 25.2 Å². The van der Waals surface area contributed by atoms with Crippen LogP contribution < -0.4 is 20.7 Å². The van der Waals surface area contributed by atoms with Crippen molar-refractivity contribution in [2.75, 3.05) is 57.1 Å². The highest BCUT2D eigenvalue weighted by Gasteiger charge is 2.10. The Bertz CT molecular complexity index is 1250. The SMILES string of the molecule is COc1ccccc1CNC(=O)Nc1cnc(C)c(C#Cc2cnc(NCCN3CCOCC3)nc2)c1. The van der Waals surface area contributed by atoms with Gasteiger partial charge in [0.2, 0.25) is 5.95 Å². The van der Waals surface area contributed by atoms with Crippen LogP contribution in [0.2, 0.25) is 0 Å². The van der Waals surface area contributed by atoms with E-state index in [0.29, 0.717) is 29.3 Å². The monoisotopic (exact) mass is 501 g/mol. The minimum Gasteiger partial charge on any atom is -0.496 e. The molecule has 3 aromatic rings. The van der Waals surface area contributed by atoms with Crippen LogP contribution in [0.3, 0.4) is 0 Å². The van der Waals surface area contributed by atoms with Crippen LogP contribution in [0, 0.1) is 18.8 Å². The van der Waals surface area contributed by atoms with E-state index in [0.717, 1.165) is 56.4 Å². The van der Waals surface area contributed by atoms with Crippen molar-refractivity contribution in [2.45, 2.75) is 13.5 Å². The Morgan fingerprint density at radius 3 is 2.68 bits per heavy atom. The number of hydrogen-bond acceptors (Lipinski definition) is 8. The van der Waals surface area contributed by atoms with Crippen molar-refractivity contribution < 1.29 is 14.3 Å². The predicted octanol–water partition coefficient (Wildman–Crippen LogP) is 2.65. The number of nitrogens with zero attached hydrogens (tertiary/aromatic N) is 4. The maximum Gasteiger partial charge on any atom is 0.319 e. The van der Waals surface area contributed by atoms with E-state index >= 15 is 0 Å². The number of para-hydroxylation sites is 1. The van der Waals surface area contributed by atoms with Gasteiger partial charge in [0.15, 0.2) is 0 Å². The lowest BCUT2D eigenvalue weighted by atomic mass is 10.2. The molecule has 192 valence electrons. The first kappa shape index (κ1) is 25.9. The summed E-state index contributed by atoms with van der Waals surface area (Å²) in [6, 6.07) is 8.98. The van der Waals surface area contributed by atoms with Crippen molar-refractivity contribution in [2.24, 2.45) is 0 Å². The van der Waals surface area contributed by atoms with Crippen molar-refractivity contribution in [3.05, 3.63) is 71.3 Å². The molecule has 0 saturated carbocycles. The lowest BCUT2D eigenvalue weighted by Gasteiger charge is -2.26. The van der Waals surface area contributed by atoms with E-state index in [2.05, 4.69) is 47.6 Å². The van der Waals surface area contributed by atoms with Gasteiger partial charge in [0.1, 0.15) is 5.75 Å². The third-order valence-corrected chi connectivity index (χ3v) is 5.78. The summed E-state index contributed by atoms with van der Waals surface area (Å²) in [7, 11) is 1.60. The molecular formula is C27H31N7O3. The van der Waals surface area contributed by atoms with Crippen LogP contribution in [0.4, 0.5) is 16.4 Å². The number of carbonyl (C=O) groups is 1. The topological polar surface area (TPSA) is 114 Å². The Balaban J connectivity index is 1.30. The Morgan fingerprint density at radius 2 is 1.89 bits per heavy atom. The van der Waals surface area contributed by atoms with Crippen LogP contribution >= 0.6 is 0 Å². The zero-order chi connectivity index (χ0) is 25.9. The highest BCUT2D eigenvalue weighted by Crippen LogP contribution is 2.17. The predicted molar refractivity (Wildman–Crippen MR) is 142 cm³/mol. The molecule has 0 spiro atoms. The maximum atomic E-state index is 12.4. The fourth-order valence-electron chi connectivity index (χ4n) is 3.70. The number of urea groups is 1. The quantitative estimate of drug-likeness (QED) is 0.404. The number of ether oxygens (including phenoxy) is 2. The number of nitrogens with one attached hydrogen (secondary N) is 3. The van der Waals surface area contributed by atoms with Gasteiger partial charge in [-0.3, -0.25) is 9.88 Å². The van der Waals surface area contributed by atoms with E-state index in [1.807, 2.05) is 31.2 Å². The van der Waals surface area contributed by atoms with E-state index in [9.17, 15) is 4.79 Å². The summed E-state index contributed by atoms with van der Waals surface area (Å²) in [6.45, 7) is 7.37. The molecule has 10 nitrogen and oxygen atoms in total. The maximum absolute atomic E-state index is 12.4. The number of anilines is 2. The van der Waals surface area contributed by atoms with E-state index in [1.54, 1.807) is 31.8 Å². The minimum atomic E-state index is -0.347. The lowest BCUT2D eigenvalue weighted by Crippen LogP contribution is -2.39. The molecule has 10 heteroatoms. The molecule has 1 aromatic carbocycles. The third-order valence-electron chi connectivity index (χ3n) is 5.78. The van der Waals surface area contributed by atoms with Crippen LogP contribution in [-0.2, 0) is 11.3 Å². The van der Waals surface area contributed by atoms with Gasteiger partial charge in [-0.05, 0) is 19.1 Å². The van der Waals surface area contributed by atoms with Gasteiger partial charge < -0.3 is 25.4 Å². The first-order valence-corrected chi connectivity index (χ1v) is 12.1. The average Bonchev–Trinajstić information content (AvgIpc) is 2.93. The van der Waals surface area contributed by atoms with Gasteiger partial charge in [0.25, 0.3) is 0 Å². The van der Waals surface area contributed by atoms with E-state index in [-0.39, 0.29) is 6.03 Å². The average molecular weight is 502 g/mol. The van der Waals surface area contributed by atoms with Gasteiger partial charge >= 0.3 is 6.03 Å². The van der Waals surface area contributed by atoms with Crippen molar-refractivity contribution in [3.63, 3.8) is 0 Å². The van der Waals surface area contributed by atoms with Crippen molar-refractivity contribution in [3.8, 4) is 17.6 Å². The summed E-state index contributed by atoms with van der Waals surface area (Å²) in [5.74, 6) is 7.46. The first-order chi connectivity index (χ1) is 18.1. The van der Waals surface area contributed by atoms with Crippen LogP contribution in [-0.4, -0.2) is 72.4 Å². The molecule has 1 aliphatic rings. The van der Waals surface area contributed by atoms with Crippen LogP contribution in [0.25, 0.3) is 0 Å². The number of aryl methyl sites for hydroxylation is 1. The summed E-state index contributed by atoms with van der Waals surface area (Å²) in [5.41, 5.74) is 3.58. The van der Waals surface area contributed by atoms with E-state index in [4.69, 9.17) is 9.47 Å². The molecule has 0 radical (unpaired) electrons. The fraction of sp³-hybridized carbons (Fsp3) is 0.333. The normalized spacial score (nSPS) is 13.2. The lowest BCUT2D eigenvalue weighted by molar-refractivity contribution is 0.0398. The second-order valence-corrected chi connectivity index (χ2v) is 8.40. The second-order valence-electron chi connectivity index (χ2n) is 8.40. The summed E-state index contributed by atoms with van der Waals surface area (Å²) in [6.07, 6.45) is 4.98. The summed E-state index contributed by atoms with van der Waals surface area (Å²) in [4.78, 5) is 27.8. The number of benzene rings is 1. The Morgan fingerprint density at radius 1 is 1.11 bits per heavy atom. The fourth-order valence-corrected chi connectivity index (χ4v) is 3.70. The largest absolute Gasteiger partial charge is 0.496 e. The molecule has 1 fully saturated rings. The van der Waals surface area contributed by atoms with Crippen molar-refractivity contribution >= 4 is 17.7 Å². The molecule has 2 amide bonds. The molecule has 2 aromatic heterocycles. The molecule has 0 unspecified atom stereocenters. The number of aromatic nitrogens is 3. The van der Waals surface area contributed by atoms with Gasteiger partial charge in [0.05, 0.1) is 43.5 Å². The number of pyridine rings is 1. The van der Waals surface area contributed by atoms with Gasteiger partial charge in [0, 0.05) is 56.2 Å². The van der Waals surface area contributed by atoms with Gasteiger partial charge in [-0.2, -0.15) is 0 Å². The number of hydrogen-bond donors (Lipinski definition) is 3. The van der Waals surface area contributed by atoms with Crippen LogP contribution in [0.1, 0.15) is 22.4 Å². The Kier molecular flexibility index (Phi) is 9.23. The molecule has 0 bridgehead atoms. The standard InChI is InChI=1S/C27H31N7O3/c1-20-22(8-7-21-16-30-26(31-17-21)28-9-10-34-11-13-37-14-12-34)15-24(19-29-20)33-27(35)32-18-23-5-3-4-6-25(23)36-2/h3-6,15-17,19H,9-14,18H2,1-2H3,(H,28,30,31)(H2,32,33,35). The molecule has 1 saturated heterocycles. The van der Waals surface area contributed by atoms with Crippen molar-refractivity contribution in [1.29, 1.82) is 0 Å². The van der Waals surface area contributed by atoms with Crippen LogP contribution in [0.15, 0.2) is 48.9 Å². The first-order valence-electron chi connectivity index (χ1n) is 12.1. The number of methoxy groups -OCH3 is 1. The minimum absolute atomic E-state index is 0.333. The Labute approximate surface area is 216 Å². The van der Waals surface area contributed by atoms with Gasteiger partial charge in [-0.25, -0.2) is 14.8 Å². The van der Waals surface area contributed by atoms with E-state index < -0.39 is 0 Å². The van der Waals surface area contributed by atoms with E-state index in [1.165, 1.54) is 0 Å². The highest BCUT2D eigenvalue weighted by molar-refractivity contribution is 5.89. The summed E-state index contributed by atoms with van der Waals surface area (Å²) >= 11 is 0. The molecule has 3 N–H and O–H groups in total. The molecular weight excluding hydrogens is 470 g/mol. The second kappa shape index (κ2) is 13.2. The summed E-state index contributed by atoms with van der Waals surface area (Å²) in [5, 5.41) is 8.87. The zero-order valence-corrected chi connectivity index (χ0v) is 21.1. The van der Waals surface area contributed by atoms with Gasteiger partial charge in [-0.15, -0.1) is 0 Å². The molecule has 4 rings (SSSR count). The molecule has 3 heterocycles. The smallest absolute Gasteiger partial charge is 0.319 e. The Hall–Kier alpha value is -4.20. The van der Waals surface area contributed by atoms with Gasteiger partial charge in [-0.1, -0.05) is 30.0 Å². The number of rotatable bonds is 8. The number of amides is 2.